The van der Waals surface area contributed by atoms with E-state index in [0.29, 0.717) is 42.6 Å². The van der Waals surface area contributed by atoms with E-state index in [-0.39, 0.29) is 24.5 Å². The molecule has 1 aromatic heterocycles. The maximum atomic E-state index is 12.8. The van der Waals surface area contributed by atoms with E-state index in [2.05, 4.69) is 15.6 Å². The Morgan fingerprint density at radius 3 is 2.86 bits per heavy atom. The molecule has 2 amide bonds. The van der Waals surface area contributed by atoms with Crippen molar-refractivity contribution < 1.29 is 19.0 Å². The van der Waals surface area contributed by atoms with Crippen LogP contribution in [-0.2, 0) is 0 Å². The molecule has 1 unspecified atom stereocenters. The minimum atomic E-state index is -0.195. The monoisotopic (exact) mass is 408 g/mol. The summed E-state index contributed by atoms with van der Waals surface area (Å²) in [6.07, 6.45) is 3.35. The molecule has 3 rings (SSSR count). The first-order valence-corrected chi connectivity index (χ1v) is 8.74. The molecular formula is C19H25ClN4O4. The number of nitrogens with zero attached hydrogens (tertiary/aromatic N) is 2. The van der Waals surface area contributed by atoms with Crippen LogP contribution in [0.4, 0.5) is 10.5 Å². The van der Waals surface area contributed by atoms with E-state index in [1.807, 2.05) is 12.1 Å². The van der Waals surface area contributed by atoms with Gasteiger partial charge in [0, 0.05) is 31.9 Å². The van der Waals surface area contributed by atoms with Crippen LogP contribution in [0.5, 0.6) is 17.2 Å². The van der Waals surface area contributed by atoms with Crippen molar-refractivity contribution in [1.82, 2.24) is 15.2 Å². The second kappa shape index (κ2) is 10.6. The summed E-state index contributed by atoms with van der Waals surface area (Å²) >= 11 is 0. The number of rotatable bonds is 6. The molecule has 28 heavy (non-hydrogen) atoms. The molecule has 1 atom stereocenters. The number of hydrogen-bond donors (Lipinski definition) is 2. The molecule has 0 spiro atoms. The van der Waals surface area contributed by atoms with Crippen LogP contribution in [-0.4, -0.2) is 62.4 Å². The van der Waals surface area contributed by atoms with E-state index in [1.54, 1.807) is 49.7 Å². The van der Waals surface area contributed by atoms with Crippen molar-refractivity contribution in [3.05, 3.63) is 42.7 Å². The number of anilines is 1. The van der Waals surface area contributed by atoms with Crippen molar-refractivity contribution >= 4 is 24.1 Å². The van der Waals surface area contributed by atoms with Crippen LogP contribution in [0.1, 0.15) is 0 Å². The first-order valence-electron chi connectivity index (χ1n) is 8.74. The minimum absolute atomic E-state index is 0. The Labute approximate surface area is 170 Å². The van der Waals surface area contributed by atoms with Crippen LogP contribution in [0.3, 0.4) is 0 Å². The highest BCUT2D eigenvalue weighted by atomic mass is 35.5. The first-order chi connectivity index (χ1) is 13.2. The second-order valence-corrected chi connectivity index (χ2v) is 6.05. The predicted molar refractivity (Wildman–Crippen MR) is 109 cm³/mol. The molecular weight excluding hydrogens is 384 g/mol. The number of urea groups is 1. The Kier molecular flexibility index (Phi) is 8.16. The molecule has 2 heterocycles. The SMILES string of the molecule is COc1ccc(NC(=O)N2CCNCC2COc2cccnc2)c(OC)c1.Cl. The molecule has 1 aliphatic heterocycles. The minimum Gasteiger partial charge on any atom is -0.497 e. The number of amides is 2. The number of ether oxygens (including phenoxy) is 3. The van der Waals surface area contributed by atoms with Crippen LogP contribution in [0.15, 0.2) is 42.7 Å². The molecule has 9 heteroatoms. The lowest BCUT2D eigenvalue weighted by Gasteiger charge is -2.36. The number of carbonyl (C=O) groups is 1. The average molecular weight is 409 g/mol. The van der Waals surface area contributed by atoms with Gasteiger partial charge in [-0.25, -0.2) is 4.79 Å². The molecule has 2 aromatic rings. The Morgan fingerprint density at radius 2 is 2.14 bits per heavy atom. The number of benzene rings is 1. The maximum absolute atomic E-state index is 12.8. The zero-order chi connectivity index (χ0) is 19.1. The fourth-order valence-electron chi connectivity index (χ4n) is 2.89. The quantitative estimate of drug-likeness (QED) is 0.763. The van der Waals surface area contributed by atoms with Gasteiger partial charge in [-0.15, -0.1) is 12.4 Å². The largest absolute Gasteiger partial charge is 0.497 e. The molecule has 0 bridgehead atoms. The standard InChI is InChI=1S/C19H24N4O4.ClH/c1-25-15-5-6-17(18(10-15)26-2)22-19(24)23-9-8-21-11-14(23)13-27-16-4-3-7-20-12-16;/h3-7,10,12,14,21H,8-9,11,13H2,1-2H3,(H,22,24);1H. The number of piperazine rings is 1. The summed E-state index contributed by atoms with van der Waals surface area (Å²) in [4.78, 5) is 18.7. The predicted octanol–water partition coefficient (Wildman–Crippen LogP) is 2.41. The lowest BCUT2D eigenvalue weighted by atomic mass is 10.2. The third-order valence-corrected chi connectivity index (χ3v) is 4.34. The summed E-state index contributed by atoms with van der Waals surface area (Å²) in [5.41, 5.74) is 0.591. The van der Waals surface area contributed by atoms with E-state index < -0.39 is 0 Å². The molecule has 1 saturated heterocycles. The van der Waals surface area contributed by atoms with Gasteiger partial charge in [-0.1, -0.05) is 0 Å². The van der Waals surface area contributed by atoms with E-state index in [1.165, 1.54) is 0 Å². The highest BCUT2D eigenvalue weighted by Gasteiger charge is 2.27. The van der Waals surface area contributed by atoms with E-state index in [0.717, 1.165) is 6.54 Å². The third kappa shape index (κ3) is 5.40. The molecule has 8 nitrogen and oxygen atoms in total. The van der Waals surface area contributed by atoms with Gasteiger partial charge >= 0.3 is 6.03 Å². The summed E-state index contributed by atoms with van der Waals surface area (Å²) in [6.45, 7) is 2.36. The van der Waals surface area contributed by atoms with E-state index in [9.17, 15) is 4.79 Å². The molecule has 1 aliphatic rings. The highest BCUT2D eigenvalue weighted by Crippen LogP contribution is 2.29. The molecule has 152 valence electrons. The van der Waals surface area contributed by atoms with E-state index >= 15 is 0 Å². The topological polar surface area (TPSA) is 85.0 Å². The summed E-state index contributed by atoms with van der Waals surface area (Å²) in [5.74, 6) is 1.89. The summed E-state index contributed by atoms with van der Waals surface area (Å²) in [5, 5.41) is 6.22. The Morgan fingerprint density at radius 1 is 1.29 bits per heavy atom. The van der Waals surface area contributed by atoms with Crippen LogP contribution in [0.2, 0.25) is 0 Å². The normalized spacial score (nSPS) is 15.9. The van der Waals surface area contributed by atoms with Crippen LogP contribution in [0.25, 0.3) is 0 Å². The molecule has 0 saturated carbocycles. The maximum Gasteiger partial charge on any atom is 0.322 e. The second-order valence-electron chi connectivity index (χ2n) is 6.05. The third-order valence-electron chi connectivity index (χ3n) is 4.34. The number of halogens is 1. The number of aromatic nitrogens is 1. The summed E-state index contributed by atoms with van der Waals surface area (Å²) in [7, 11) is 3.14. The fraction of sp³-hybridized carbons (Fsp3) is 0.368. The van der Waals surface area contributed by atoms with Crippen molar-refractivity contribution in [2.24, 2.45) is 0 Å². The number of pyridine rings is 1. The van der Waals surface area contributed by atoms with Crippen LogP contribution >= 0.6 is 12.4 Å². The van der Waals surface area contributed by atoms with Crippen LogP contribution < -0.4 is 24.8 Å². The van der Waals surface area contributed by atoms with Gasteiger partial charge in [-0.05, 0) is 24.3 Å². The van der Waals surface area contributed by atoms with Gasteiger partial charge < -0.3 is 29.7 Å². The van der Waals surface area contributed by atoms with Gasteiger partial charge in [0.1, 0.15) is 23.9 Å². The van der Waals surface area contributed by atoms with E-state index in [4.69, 9.17) is 14.2 Å². The van der Waals surface area contributed by atoms with Gasteiger partial charge in [0.2, 0.25) is 0 Å². The van der Waals surface area contributed by atoms with Crippen LogP contribution in [0, 0.1) is 0 Å². The number of hydrogen-bond acceptors (Lipinski definition) is 6. The highest BCUT2D eigenvalue weighted by molar-refractivity contribution is 5.91. The summed E-state index contributed by atoms with van der Waals surface area (Å²) in [6, 6.07) is 8.64. The van der Waals surface area contributed by atoms with Gasteiger partial charge in [0.15, 0.2) is 0 Å². The van der Waals surface area contributed by atoms with Gasteiger partial charge in [0.25, 0.3) is 0 Å². The Balaban J connectivity index is 0.00000280. The van der Waals surface area contributed by atoms with Crippen molar-refractivity contribution in [1.29, 1.82) is 0 Å². The van der Waals surface area contributed by atoms with Gasteiger partial charge in [0.05, 0.1) is 32.1 Å². The van der Waals surface area contributed by atoms with Crippen molar-refractivity contribution in [3.8, 4) is 17.2 Å². The Hall–Kier alpha value is -2.71. The lowest BCUT2D eigenvalue weighted by molar-refractivity contribution is 0.132. The van der Waals surface area contributed by atoms with Gasteiger partial charge in [-0.2, -0.15) is 0 Å². The molecule has 1 fully saturated rings. The molecule has 2 N–H and O–H groups in total. The number of methoxy groups -OCH3 is 2. The molecule has 0 radical (unpaired) electrons. The van der Waals surface area contributed by atoms with Crippen molar-refractivity contribution in [2.45, 2.75) is 6.04 Å². The van der Waals surface area contributed by atoms with Crippen molar-refractivity contribution in [3.63, 3.8) is 0 Å². The Bertz CT molecular complexity index is 763. The molecule has 0 aliphatic carbocycles. The fourth-order valence-corrected chi connectivity index (χ4v) is 2.89. The number of nitrogens with one attached hydrogen (secondary N) is 2. The lowest BCUT2D eigenvalue weighted by Crippen LogP contribution is -2.57. The average Bonchev–Trinajstić information content (AvgIpc) is 2.73. The summed E-state index contributed by atoms with van der Waals surface area (Å²) < 4.78 is 16.3. The molecule has 1 aromatic carbocycles. The van der Waals surface area contributed by atoms with Gasteiger partial charge in [-0.3, -0.25) is 4.98 Å². The van der Waals surface area contributed by atoms with Crippen molar-refractivity contribution in [2.75, 3.05) is 45.8 Å². The zero-order valence-corrected chi connectivity index (χ0v) is 16.7. The number of carbonyl (C=O) groups excluding carboxylic acids is 1. The first kappa shape index (κ1) is 21.6. The smallest absolute Gasteiger partial charge is 0.322 e. The zero-order valence-electron chi connectivity index (χ0n) is 15.9.